The molecule has 20 heavy (non-hydrogen) atoms. The number of benzene rings is 1. The van der Waals surface area contributed by atoms with Crippen molar-refractivity contribution in [3.8, 4) is 0 Å². The van der Waals surface area contributed by atoms with Gasteiger partial charge in [-0.15, -0.1) is 0 Å². The van der Waals surface area contributed by atoms with Crippen molar-refractivity contribution in [2.24, 2.45) is 0 Å². The second kappa shape index (κ2) is 6.49. The Labute approximate surface area is 120 Å². The molecule has 1 amide bonds. The van der Waals surface area contributed by atoms with E-state index in [1.807, 2.05) is 0 Å². The number of carbonyl (C=O) groups is 1. The number of nitrogens with one attached hydrogen (secondary N) is 2. The number of methoxy groups -OCH3 is 1. The summed E-state index contributed by atoms with van der Waals surface area (Å²) < 4.78 is 18.5. The Balaban J connectivity index is 1.97. The molecule has 0 unspecified atom stereocenters. The Morgan fingerprint density at radius 3 is 3.00 bits per heavy atom. The standard InChI is InChI=1S/C13H13ClFN3O2/c1-20-7-10-5-9(17-18-10)6-16-13(19)11-3-2-8(14)4-12(11)15/h2-5H,6-7H2,1H3,(H,16,19)(H,17,18). The first-order valence-electron chi connectivity index (χ1n) is 5.85. The van der Waals surface area contributed by atoms with Crippen LogP contribution in [0.25, 0.3) is 0 Å². The molecule has 0 aliphatic heterocycles. The summed E-state index contributed by atoms with van der Waals surface area (Å²) >= 11 is 5.63. The van der Waals surface area contributed by atoms with Gasteiger partial charge in [-0.3, -0.25) is 9.89 Å². The zero-order valence-corrected chi connectivity index (χ0v) is 11.5. The fourth-order valence-corrected chi connectivity index (χ4v) is 1.82. The number of amides is 1. The van der Waals surface area contributed by atoms with Crippen molar-refractivity contribution in [1.29, 1.82) is 0 Å². The van der Waals surface area contributed by atoms with E-state index in [-0.39, 0.29) is 17.1 Å². The van der Waals surface area contributed by atoms with Crippen molar-refractivity contribution in [3.05, 3.63) is 52.1 Å². The average Bonchev–Trinajstić information content (AvgIpc) is 2.84. The van der Waals surface area contributed by atoms with Gasteiger partial charge in [0.05, 0.1) is 30.1 Å². The summed E-state index contributed by atoms with van der Waals surface area (Å²) in [5, 5.41) is 9.60. The number of hydrogen-bond acceptors (Lipinski definition) is 3. The molecule has 5 nitrogen and oxygen atoms in total. The number of nitrogens with zero attached hydrogens (tertiary/aromatic N) is 1. The van der Waals surface area contributed by atoms with E-state index >= 15 is 0 Å². The fraction of sp³-hybridized carbons (Fsp3) is 0.231. The number of H-pyrrole nitrogens is 1. The minimum absolute atomic E-state index is 0.0500. The van der Waals surface area contributed by atoms with Gasteiger partial charge >= 0.3 is 0 Å². The average molecular weight is 298 g/mol. The van der Waals surface area contributed by atoms with Gasteiger partial charge in [0.2, 0.25) is 0 Å². The van der Waals surface area contributed by atoms with Crippen molar-refractivity contribution in [2.45, 2.75) is 13.2 Å². The molecule has 106 valence electrons. The number of aromatic nitrogens is 2. The van der Waals surface area contributed by atoms with Gasteiger partial charge in [0.15, 0.2) is 0 Å². The molecule has 1 aromatic carbocycles. The molecule has 0 aliphatic carbocycles. The van der Waals surface area contributed by atoms with Crippen LogP contribution in [0.2, 0.25) is 5.02 Å². The molecule has 2 aromatic rings. The molecule has 2 N–H and O–H groups in total. The second-order valence-corrected chi connectivity index (χ2v) is 4.56. The molecule has 0 saturated heterocycles. The van der Waals surface area contributed by atoms with Crippen LogP contribution in [0.5, 0.6) is 0 Å². The van der Waals surface area contributed by atoms with Gasteiger partial charge in [-0.2, -0.15) is 5.10 Å². The maximum absolute atomic E-state index is 13.5. The Hall–Kier alpha value is -1.92. The van der Waals surface area contributed by atoms with Crippen LogP contribution in [-0.4, -0.2) is 23.2 Å². The number of ether oxygens (including phenoxy) is 1. The summed E-state index contributed by atoms with van der Waals surface area (Å²) in [6.45, 7) is 0.605. The number of carbonyl (C=O) groups excluding carboxylic acids is 1. The summed E-state index contributed by atoms with van der Waals surface area (Å²) in [5.41, 5.74) is 1.39. The minimum atomic E-state index is -0.653. The molecule has 0 atom stereocenters. The predicted molar refractivity (Wildman–Crippen MR) is 71.9 cm³/mol. The zero-order chi connectivity index (χ0) is 14.5. The lowest BCUT2D eigenvalue weighted by atomic mass is 10.2. The lowest BCUT2D eigenvalue weighted by molar-refractivity contribution is 0.0946. The Morgan fingerprint density at radius 2 is 2.30 bits per heavy atom. The van der Waals surface area contributed by atoms with Gasteiger partial charge in [-0.1, -0.05) is 11.6 Å². The summed E-state index contributed by atoms with van der Waals surface area (Å²) in [7, 11) is 1.57. The molecule has 7 heteroatoms. The summed E-state index contributed by atoms with van der Waals surface area (Å²) in [5.74, 6) is -1.17. The molecule has 0 spiro atoms. The Morgan fingerprint density at radius 1 is 1.50 bits per heavy atom. The van der Waals surface area contributed by atoms with Crippen LogP contribution in [0.3, 0.4) is 0 Å². The van der Waals surface area contributed by atoms with Crippen LogP contribution in [0, 0.1) is 5.82 Å². The smallest absolute Gasteiger partial charge is 0.254 e. The number of halogens is 2. The van der Waals surface area contributed by atoms with E-state index in [0.29, 0.717) is 12.3 Å². The third kappa shape index (κ3) is 3.55. The van der Waals surface area contributed by atoms with Crippen molar-refractivity contribution >= 4 is 17.5 Å². The SMILES string of the molecule is COCc1cc(CNC(=O)c2ccc(Cl)cc2F)[nH]n1. The third-order valence-electron chi connectivity index (χ3n) is 2.59. The van der Waals surface area contributed by atoms with E-state index in [9.17, 15) is 9.18 Å². The van der Waals surface area contributed by atoms with Crippen molar-refractivity contribution in [2.75, 3.05) is 7.11 Å². The molecular weight excluding hydrogens is 285 g/mol. The van der Waals surface area contributed by atoms with E-state index in [0.717, 1.165) is 11.8 Å². The lowest BCUT2D eigenvalue weighted by Crippen LogP contribution is -2.24. The van der Waals surface area contributed by atoms with Gasteiger partial charge in [-0.05, 0) is 24.3 Å². The highest BCUT2D eigenvalue weighted by Crippen LogP contribution is 2.14. The van der Waals surface area contributed by atoms with Crippen LogP contribution in [0.1, 0.15) is 21.7 Å². The van der Waals surface area contributed by atoms with Crippen LogP contribution in [0.4, 0.5) is 4.39 Å². The molecule has 0 saturated carbocycles. The Kier molecular flexibility index (Phi) is 4.70. The molecule has 2 rings (SSSR count). The summed E-state index contributed by atoms with van der Waals surface area (Å²) in [6.07, 6.45) is 0. The maximum atomic E-state index is 13.5. The predicted octanol–water partition coefficient (Wildman–Crippen LogP) is 2.28. The highest BCUT2D eigenvalue weighted by atomic mass is 35.5. The van der Waals surface area contributed by atoms with Crippen LogP contribution in [-0.2, 0) is 17.9 Å². The first kappa shape index (κ1) is 14.5. The van der Waals surface area contributed by atoms with Crippen molar-refractivity contribution in [1.82, 2.24) is 15.5 Å². The normalized spacial score (nSPS) is 10.6. The monoisotopic (exact) mass is 297 g/mol. The molecule has 1 heterocycles. The molecule has 0 bridgehead atoms. The first-order chi connectivity index (χ1) is 9.60. The lowest BCUT2D eigenvalue weighted by Gasteiger charge is -2.05. The van der Waals surface area contributed by atoms with E-state index in [4.69, 9.17) is 16.3 Å². The third-order valence-corrected chi connectivity index (χ3v) is 2.83. The molecule has 0 radical (unpaired) electrons. The molecule has 0 fully saturated rings. The zero-order valence-electron chi connectivity index (χ0n) is 10.7. The van der Waals surface area contributed by atoms with Crippen LogP contribution >= 0.6 is 11.6 Å². The van der Waals surface area contributed by atoms with Gasteiger partial charge in [0.25, 0.3) is 5.91 Å². The topological polar surface area (TPSA) is 67.0 Å². The van der Waals surface area contributed by atoms with E-state index < -0.39 is 11.7 Å². The number of aromatic amines is 1. The van der Waals surface area contributed by atoms with E-state index in [1.165, 1.54) is 12.1 Å². The first-order valence-corrected chi connectivity index (χ1v) is 6.23. The quantitative estimate of drug-likeness (QED) is 0.890. The highest BCUT2D eigenvalue weighted by Gasteiger charge is 2.12. The largest absolute Gasteiger partial charge is 0.378 e. The van der Waals surface area contributed by atoms with Crippen LogP contribution < -0.4 is 5.32 Å². The maximum Gasteiger partial charge on any atom is 0.254 e. The van der Waals surface area contributed by atoms with Gasteiger partial charge in [0, 0.05) is 12.1 Å². The number of hydrogen-bond donors (Lipinski definition) is 2. The fourth-order valence-electron chi connectivity index (χ4n) is 1.67. The van der Waals surface area contributed by atoms with Crippen molar-refractivity contribution in [3.63, 3.8) is 0 Å². The molecule has 1 aromatic heterocycles. The van der Waals surface area contributed by atoms with Crippen molar-refractivity contribution < 1.29 is 13.9 Å². The van der Waals surface area contributed by atoms with Gasteiger partial charge in [-0.25, -0.2) is 4.39 Å². The second-order valence-electron chi connectivity index (χ2n) is 4.12. The van der Waals surface area contributed by atoms with E-state index in [2.05, 4.69) is 15.5 Å². The molecular formula is C13H13ClFN3O2. The Bertz CT molecular complexity index is 615. The molecule has 0 aliphatic rings. The minimum Gasteiger partial charge on any atom is -0.378 e. The summed E-state index contributed by atoms with van der Waals surface area (Å²) in [4.78, 5) is 11.8. The summed E-state index contributed by atoms with van der Waals surface area (Å²) in [6, 6.07) is 5.67. The number of rotatable bonds is 5. The van der Waals surface area contributed by atoms with Crippen LogP contribution in [0.15, 0.2) is 24.3 Å². The highest BCUT2D eigenvalue weighted by molar-refractivity contribution is 6.30. The van der Waals surface area contributed by atoms with Gasteiger partial charge < -0.3 is 10.1 Å². The van der Waals surface area contributed by atoms with Gasteiger partial charge in [0.1, 0.15) is 5.82 Å². The van der Waals surface area contributed by atoms with E-state index in [1.54, 1.807) is 13.2 Å².